The summed E-state index contributed by atoms with van der Waals surface area (Å²) in [7, 11) is 3.24. The van der Waals surface area contributed by atoms with Crippen molar-refractivity contribution < 1.29 is 23.8 Å². The molecule has 1 aromatic rings. The number of hydroxylamine groups is 1. The maximum Gasteiger partial charge on any atom is 0.159 e. The quantitative estimate of drug-likeness (QED) is 0.584. The minimum absolute atomic E-state index is 0.151. The SMILES string of the molecule is COCO[C@H]1[C@H](C)O[C@@H](OC)C[C@@]1(C)NOCc1ccccc1. The molecular weight excluding hydrogens is 298 g/mol. The molecule has 23 heavy (non-hydrogen) atoms. The summed E-state index contributed by atoms with van der Waals surface area (Å²) in [6.45, 7) is 4.68. The summed E-state index contributed by atoms with van der Waals surface area (Å²) >= 11 is 0. The Balaban J connectivity index is 1.99. The van der Waals surface area contributed by atoms with E-state index in [9.17, 15) is 0 Å². The normalized spacial score (nSPS) is 31.2. The number of methoxy groups -OCH3 is 2. The summed E-state index contributed by atoms with van der Waals surface area (Å²) in [4.78, 5) is 5.73. The van der Waals surface area contributed by atoms with Crippen molar-refractivity contribution in [2.45, 2.75) is 50.9 Å². The van der Waals surface area contributed by atoms with Crippen molar-refractivity contribution in [3.05, 3.63) is 35.9 Å². The molecule has 6 nitrogen and oxygen atoms in total. The van der Waals surface area contributed by atoms with Crippen LogP contribution in [0.5, 0.6) is 0 Å². The van der Waals surface area contributed by atoms with Crippen LogP contribution in [-0.4, -0.2) is 45.0 Å². The van der Waals surface area contributed by atoms with E-state index in [2.05, 4.69) is 5.48 Å². The second-order valence-electron chi connectivity index (χ2n) is 6.00. The van der Waals surface area contributed by atoms with Gasteiger partial charge in [-0.3, -0.25) is 4.84 Å². The zero-order valence-electron chi connectivity index (χ0n) is 14.3. The molecule has 1 saturated heterocycles. The van der Waals surface area contributed by atoms with Crippen molar-refractivity contribution in [2.75, 3.05) is 21.0 Å². The summed E-state index contributed by atoms with van der Waals surface area (Å²) in [5.74, 6) is 0. The molecule has 0 unspecified atom stereocenters. The molecule has 130 valence electrons. The molecule has 0 amide bonds. The fourth-order valence-corrected chi connectivity index (χ4v) is 2.90. The van der Waals surface area contributed by atoms with E-state index in [1.165, 1.54) is 0 Å². The number of nitrogens with one attached hydrogen (secondary N) is 1. The molecule has 0 aromatic heterocycles. The van der Waals surface area contributed by atoms with Gasteiger partial charge in [0.05, 0.1) is 18.2 Å². The Kier molecular flexibility index (Phi) is 6.95. The highest BCUT2D eigenvalue weighted by molar-refractivity contribution is 5.13. The first kappa shape index (κ1) is 18.3. The number of hydrogen-bond acceptors (Lipinski definition) is 6. The predicted molar refractivity (Wildman–Crippen MR) is 85.5 cm³/mol. The molecule has 4 atom stereocenters. The van der Waals surface area contributed by atoms with E-state index in [0.717, 1.165) is 5.56 Å². The highest BCUT2D eigenvalue weighted by Crippen LogP contribution is 2.32. The van der Waals surface area contributed by atoms with Crippen LogP contribution in [0.3, 0.4) is 0 Å². The lowest BCUT2D eigenvalue weighted by atomic mass is 9.86. The van der Waals surface area contributed by atoms with Crippen molar-refractivity contribution in [3.8, 4) is 0 Å². The maximum atomic E-state index is 5.81. The van der Waals surface area contributed by atoms with Crippen LogP contribution in [0.25, 0.3) is 0 Å². The topological polar surface area (TPSA) is 58.2 Å². The van der Waals surface area contributed by atoms with E-state index in [1.807, 2.05) is 44.2 Å². The summed E-state index contributed by atoms with van der Waals surface area (Å²) in [6.07, 6.45) is -0.0617. The molecule has 0 bridgehead atoms. The first-order chi connectivity index (χ1) is 11.1. The predicted octanol–water partition coefficient (Wildman–Crippen LogP) is 2.24. The highest BCUT2D eigenvalue weighted by atomic mass is 16.7. The number of hydrogen-bond donors (Lipinski definition) is 1. The van der Waals surface area contributed by atoms with Gasteiger partial charge in [0.25, 0.3) is 0 Å². The Morgan fingerprint density at radius 1 is 1.26 bits per heavy atom. The Labute approximate surface area is 138 Å². The van der Waals surface area contributed by atoms with Gasteiger partial charge in [-0.25, -0.2) is 0 Å². The molecule has 0 aliphatic carbocycles. The zero-order valence-corrected chi connectivity index (χ0v) is 14.3. The molecule has 1 heterocycles. The first-order valence-corrected chi connectivity index (χ1v) is 7.80. The third-order valence-electron chi connectivity index (χ3n) is 4.03. The van der Waals surface area contributed by atoms with E-state index in [4.69, 9.17) is 23.8 Å². The zero-order chi connectivity index (χ0) is 16.7. The summed E-state index contributed by atoms with van der Waals surface area (Å²) < 4.78 is 22.0. The molecule has 0 radical (unpaired) electrons. The smallest absolute Gasteiger partial charge is 0.159 e. The lowest BCUT2D eigenvalue weighted by Crippen LogP contribution is -2.63. The van der Waals surface area contributed by atoms with Crippen LogP contribution in [0.15, 0.2) is 30.3 Å². The fraction of sp³-hybridized carbons (Fsp3) is 0.647. The summed E-state index contributed by atoms with van der Waals surface area (Å²) in [5.41, 5.74) is 3.81. The van der Waals surface area contributed by atoms with Gasteiger partial charge >= 0.3 is 0 Å². The van der Waals surface area contributed by atoms with Crippen molar-refractivity contribution in [1.29, 1.82) is 0 Å². The molecular formula is C17H27NO5. The van der Waals surface area contributed by atoms with E-state index in [-0.39, 0.29) is 25.3 Å². The Morgan fingerprint density at radius 2 is 2.00 bits per heavy atom. The van der Waals surface area contributed by atoms with Crippen LogP contribution in [0, 0.1) is 0 Å². The van der Waals surface area contributed by atoms with Crippen LogP contribution in [0.4, 0.5) is 0 Å². The molecule has 1 aliphatic rings. The van der Waals surface area contributed by atoms with Gasteiger partial charge in [0, 0.05) is 20.6 Å². The van der Waals surface area contributed by atoms with E-state index in [0.29, 0.717) is 13.0 Å². The molecule has 2 rings (SSSR count). The summed E-state index contributed by atoms with van der Waals surface area (Å²) in [5, 5.41) is 0. The first-order valence-electron chi connectivity index (χ1n) is 7.80. The minimum Gasteiger partial charge on any atom is -0.359 e. The molecule has 6 heteroatoms. The van der Waals surface area contributed by atoms with Crippen LogP contribution >= 0.6 is 0 Å². The monoisotopic (exact) mass is 325 g/mol. The highest BCUT2D eigenvalue weighted by Gasteiger charge is 2.46. The van der Waals surface area contributed by atoms with Gasteiger partial charge in [-0.2, -0.15) is 5.48 Å². The van der Waals surface area contributed by atoms with E-state index in [1.54, 1.807) is 14.2 Å². The second-order valence-corrected chi connectivity index (χ2v) is 6.00. The largest absolute Gasteiger partial charge is 0.359 e. The molecule has 1 aromatic carbocycles. The van der Waals surface area contributed by atoms with E-state index >= 15 is 0 Å². The lowest BCUT2D eigenvalue weighted by molar-refractivity contribution is -0.270. The van der Waals surface area contributed by atoms with Crippen LogP contribution in [0.2, 0.25) is 0 Å². The third-order valence-corrected chi connectivity index (χ3v) is 4.03. The number of rotatable bonds is 8. The van der Waals surface area contributed by atoms with Crippen molar-refractivity contribution in [2.24, 2.45) is 0 Å². The molecule has 0 saturated carbocycles. The second kappa shape index (κ2) is 8.73. The summed E-state index contributed by atoms with van der Waals surface area (Å²) in [6, 6.07) is 10.0. The van der Waals surface area contributed by atoms with Crippen molar-refractivity contribution in [1.82, 2.24) is 5.48 Å². The van der Waals surface area contributed by atoms with E-state index < -0.39 is 5.54 Å². The Morgan fingerprint density at radius 3 is 2.65 bits per heavy atom. The molecule has 1 fully saturated rings. The van der Waals surface area contributed by atoms with Gasteiger partial charge in [0.1, 0.15) is 12.9 Å². The van der Waals surface area contributed by atoms with Gasteiger partial charge in [0.2, 0.25) is 0 Å². The lowest BCUT2D eigenvalue weighted by Gasteiger charge is -2.46. The Bertz CT molecular complexity index is 458. The standard InChI is InChI=1S/C17H27NO5/c1-13-16(21-12-19-3)17(2,10-15(20-4)23-13)18-22-11-14-8-6-5-7-9-14/h5-9,13,15-16,18H,10-12H2,1-4H3/t13-,15+,16-,17+/m0/s1. The fourth-order valence-electron chi connectivity index (χ4n) is 2.90. The van der Waals surface area contributed by atoms with Crippen LogP contribution < -0.4 is 5.48 Å². The molecule has 1 aliphatic heterocycles. The molecule has 0 spiro atoms. The average Bonchev–Trinajstić information content (AvgIpc) is 2.55. The molecule has 1 N–H and O–H groups in total. The van der Waals surface area contributed by atoms with Crippen molar-refractivity contribution >= 4 is 0 Å². The van der Waals surface area contributed by atoms with Gasteiger partial charge < -0.3 is 18.9 Å². The number of ether oxygens (including phenoxy) is 4. The van der Waals surface area contributed by atoms with Gasteiger partial charge in [0.15, 0.2) is 6.29 Å². The third kappa shape index (κ3) is 4.97. The van der Waals surface area contributed by atoms with Crippen molar-refractivity contribution in [3.63, 3.8) is 0 Å². The Hall–Kier alpha value is -1.02. The van der Waals surface area contributed by atoms with Gasteiger partial charge in [-0.1, -0.05) is 30.3 Å². The van der Waals surface area contributed by atoms with Gasteiger partial charge in [-0.15, -0.1) is 0 Å². The van der Waals surface area contributed by atoms with Gasteiger partial charge in [-0.05, 0) is 19.4 Å². The number of benzene rings is 1. The maximum absolute atomic E-state index is 5.81. The average molecular weight is 325 g/mol. The van der Waals surface area contributed by atoms with Crippen LogP contribution in [0.1, 0.15) is 25.8 Å². The minimum atomic E-state index is -0.453. The van der Waals surface area contributed by atoms with Crippen LogP contribution in [-0.2, 0) is 30.4 Å².